The Morgan fingerprint density at radius 1 is 1.17 bits per heavy atom. The number of hydrogen-bond donors (Lipinski definition) is 2. The molecule has 0 radical (unpaired) electrons. The summed E-state index contributed by atoms with van der Waals surface area (Å²) in [6.45, 7) is 0.280. The molecule has 0 aliphatic carbocycles. The number of aliphatic hydroxyl groups is 1. The molecule has 2 N–H and O–H groups in total. The number of H-pyrrole nitrogens is 1. The number of methoxy groups -OCH3 is 1. The number of ketones is 1. The topological polar surface area (TPSA) is 82.6 Å². The minimum absolute atomic E-state index is 0.0160. The maximum absolute atomic E-state index is 13.2. The van der Waals surface area contributed by atoms with Gasteiger partial charge in [-0.25, -0.2) is 0 Å². The van der Waals surface area contributed by atoms with Crippen molar-refractivity contribution in [3.8, 4) is 5.75 Å². The van der Waals surface area contributed by atoms with E-state index in [-0.39, 0.29) is 28.5 Å². The van der Waals surface area contributed by atoms with Crippen molar-refractivity contribution in [2.24, 2.45) is 0 Å². The van der Waals surface area contributed by atoms with Crippen LogP contribution in [0.3, 0.4) is 0 Å². The summed E-state index contributed by atoms with van der Waals surface area (Å²) in [5, 5.41) is 14.6. The normalized spacial score (nSPS) is 17.5. The molecule has 1 fully saturated rings. The van der Waals surface area contributed by atoms with Gasteiger partial charge in [-0.1, -0.05) is 29.3 Å². The molecule has 1 aliphatic heterocycles. The van der Waals surface area contributed by atoms with E-state index in [1.54, 1.807) is 13.2 Å². The van der Waals surface area contributed by atoms with Crippen molar-refractivity contribution < 1.29 is 19.4 Å². The molecule has 0 spiro atoms. The van der Waals surface area contributed by atoms with Crippen LogP contribution in [0.1, 0.15) is 22.0 Å². The summed E-state index contributed by atoms with van der Waals surface area (Å²) in [5.41, 5.74) is 2.21. The molecule has 1 saturated heterocycles. The Balaban J connectivity index is 1.54. The highest BCUT2D eigenvalue weighted by Gasteiger charge is 2.46. The zero-order valence-electron chi connectivity index (χ0n) is 18.5. The molecular weight excluding hydrogens is 507 g/mol. The molecule has 1 amide bonds. The van der Waals surface area contributed by atoms with Gasteiger partial charge in [-0.3, -0.25) is 9.59 Å². The third-order valence-corrected chi connectivity index (χ3v) is 7.61. The van der Waals surface area contributed by atoms with E-state index >= 15 is 0 Å². The molecule has 1 atom stereocenters. The predicted molar refractivity (Wildman–Crippen MR) is 138 cm³/mol. The van der Waals surface area contributed by atoms with Gasteiger partial charge in [-0.2, -0.15) is 0 Å². The second-order valence-corrected chi connectivity index (χ2v) is 9.93. The second-order valence-electron chi connectivity index (χ2n) is 8.11. The number of aliphatic hydroxyl groups excluding tert-OH is 1. The van der Waals surface area contributed by atoms with Crippen molar-refractivity contribution in [1.29, 1.82) is 0 Å². The lowest BCUT2D eigenvalue weighted by Crippen LogP contribution is -2.31. The number of nitrogens with one attached hydrogen (secondary N) is 1. The first kappa shape index (κ1) is 23.5. The van der Waals surface area contributed by atoms with E-state index in [0.29, 0.717) is 11.4 Å². The highest BCUT2D eigenvalue weighted by Crippen LogP contribution is 2.42. The summed E-state index contributed by atoms with van der Waals surface area (Å²) < 4.78 is 5.35. The number of carbonyl (C=O) groups is 2. The fourth-order valence-electron chi connectivity index (χ4n) is 4.41. The van der Waals surface area contributed by atoms with Crippen molar-refractivity contribution in [2.75, 3.05) is 13.7 Å². The first-order valence-electron chi connectivity index (χ1n) is 10.8. The lowest BCUT2D eigenvalue weighted by atomic mass is 9.99. The fourth-order valence-corrected chi connectivity index (χ4v) is 5.76. The number of ether oxygens (including phenoxy) is 1. The Labute approximate surface area is 215 Å². The number of thiophene rings is 1. The molecule has 2 aromatic heterocycles. The summed E-state index contributed by atoms with van der Waals surface area (Å²) in [7, 11) is 1.61. The smallest absolute Gasteiger partial charge is 0.295 e. The lowest BCUT2D eigenvalue weighted by Gasteiger charge is -2.24. The molecule has 0 saturated carbocycles. The van der Waals surface area contributed by atoms with E-state index in [1.165, 1.54) is 28.4 Å². The van der Waals surface area contributed by atoms with E-state index < -0.39 is 17.7 Å². The molecule has 0 unspecified atom stereocenters. The van der Waals surface area contributed by atoms with Gasteiger partial charge in [0.25, 0.3) is 11.7 Å². The van der Waals surface area contributed by atoms with Crippen molar-refractivity contribution in [3.05, 3.63) is 91.7 Å². The molecule has 1 aliphatic rings. The van der Waals surface area contributed by atoms with Gasteiger partial charge in [0, 0.05) is 39.1 Å². The number of benzene rings is 2. The van der Waals surface area contributed by atoms with Gasteiger partial charge in [0.2, 0.25) is 0 Å². The number of nitrogens with zero attached hydrogens (tertiary/aromatic N) is 1. The molecule has 5 rings (SSSR count). The molecule has 4 aromatic rings. The number of fused-ring (bicyclic) bond motifs is 1. The summed E-state index contributed by atoms with van der Waals surface area (Å²) in [6.07, 6.45) is 2.40. The average Bonchev–Trinajstić information content (AvgIpc) is 3.57. The van der Waals surface area contributed by atoms with Crippen LogP contribution in [0.2, 0.25) is 10.0 Å². The van der Waals surface area contributed by atoms with Crippen LogP contribution in [0, 0.1) is 0 Å². The Kier molecular flexibility index (Phi) is 6.32. The van der Waals surface area contributed by atoms with Crippen LogP contribution >= 0.6 is 34.5 Å². The summed E-state index contributed by atoms with van der Waals surface area (Å²) in [5.74, 6) is -0.986. The molecule has 9 heteroatoms. The van der Waals surface area contributed by atoms with Crippen LogP contribution in [0.5, 0.6) is 5.75 Å². The van der Waals surface area contributed by atoms with E-state index in [1.807, 2.05) is 41.9 Å². The van der Waals surface area contributed by atoms with Gasteiger partial charge in [0.15, 0.2) is 0 Å². The molecular formula is C26H20Cl2N2O4S. The quantitative estimate of drug-likeness (QED) is 0.178. The van der Waals surface area contributed by atoms with Crippen LogP contribution in [-0.4, -0.2) is 40.3 Å². The zero-order valence-corrected chi connectivity index (χ0v) is 20.9. The van der Waals surface area contributed by atoms with Crippen molar-refractivity contribution >= 4 is 62.9 Å². The summed E-state index contributed by atoms with van der Waals surface area (Å²) in [4.78, 5) is 31.9. The van der Waals surface area contributed by atoms with Crippen molar-refractivity contribution in [1.82, 2.24) is 9.88 Å². The molecule has 178 valence electrons. The molecule has 6 nitrogen and oxygen atoms in total. The highest BCUT2D eigenvalue weighted by atomic mass is 35.5. The van der Waals surface area contributed by atoms with E-state index in [9.17, 15) is 14.7 Å². The Morgan fingerprint density at radius 2 is 2.00 bits per heavy atom. The van der Waals surface area contributed by atoms with Gasteiger partial charge in [0.1, 0.15) is 11.5 Å². The van der Waals surface area contributed by atoms with Gasteiger partial charge < -0.3 is 19.7 Å². The number of rotatable bonds is 6. The number of aromatic amines is 1. The Hall–Kier alpha value is -3.26. The van der Waals surface area contributed by atoms with Gasteiger partial charge in [-0.05, 0) is 59.8 Å². The monoisotopic (exact) mass is 526 g/mol. The summed E-state index contributed by atoms with van der Waals surface area (Å²) >= 11 is 13.7. The second kappa shape index (κ2) is 9.41. The fraction of sp³-hybridized carbons (Fsp3) is 0.154. The molecule has 35 heavy (non-hydrogen) atoms. The SMILES string of the molecule is COc1ccc2[nH]cc(CCN3C(=O)C(=O)C(=C(O)c4ccc(Cl)cc4Cl)[C@H]3c3cccs3)c2c1. The Morgan fingerprint density at radius 3 is 2.71 bits per heavy atom. The minimum Gasteiger partial charge on any atom is -0.507 e. The number of aromatic nitrogens is 1. The van der Waals surface area contributed by atoms with E-state index in [2.05, 4.69) is 4.98 Å². The van der Waals surface area contributed by atoms with E-state index in [0.717, 1.165) is 27.1 Å². The summed E-state index contributed by atoms with van der Waals surface area (Å²) in [6, 6.07) is 13.3. The number of likely N-dealkylation sites (tertiary alicyclic amines) is 1. The van der Waals surface area contributed by atoms with Gasteiger partial charge in [0.05, 0.1) is 23.7 Å². The standard InChI is InChI=1S/C26H20Cl2N2O4S/c1-34-16-5-7-20-18(12-16)14(13-29-20)8-9-30-23(21-3-2-10-35-21)22(25(32)26(30)33)24(31)17-6-4-15(27)11-19(17)28/h2-7,10-13,23,29,31H,8-9H2,1H3/t23-/m1/s1. The number of hydrogen-bond acceptors (Lipinski definition) is 5. The maximum Gasteiger partial charge on any atom is 0.295 e. The average molecular weight is 527 g/mol. The van der Waals surface area contributed by atoms with E-state index in [4.69, 9.17) is 27.9 Å². The molecule has 2 aromatic carbocycles. The van der Waals surface area contributed by atoms with Crippen molar-refractivity contribution in [2.45, 2.75) is 12.5 Å². The first-order valence-corrected chi connectivity index (χ1v) is 12.4. The van der Waals surface area contributed by atoms with Crippen LogP contribution < -0.4 is 4.74 Å². The lowest BCUT2D eigenvalue weighted by molar-refractivity contribution is -0.139. The third kappa shape index (κ3) is 4.20. The maximum atomic E-state index is 13.2. The van der Waals surface area contributed by atoms with Crippen molar-refractivity contribution in [3.63, 3.8) is 0 Å². The predicted octanol–water partition coefficient (Wildman–Crippen LogP) is 6.21. The van der Waals surface area contributed by atoms with Crippen LogP contribution in [0.25, 0.3) is 16.7 Å². The zero-order chi connectivity index (χ0) is 24.7. The number of amides is 1. The molecule has 3 heterocycles. The van der Waals surface area contributed by atoms with Crippen LogP contribution in [0.15, 0.2) is 65.7 Å². The van der Waals surface area contributed by atoms with Crippen LogP contribution in [0.4, 0.5) is 0 Å². The molecule has 0 bridgehead atoms. The number of carbonyl (C=O) groups excluding carboxylic acids is 2. The van der Waals surface area contributed by atoms with Gasteiger partial charge >= 0.3 is 0 Å². The Bertz CT molecular complexity index is 1480. The largest absolute Gasteiger partial charge is 0.507 e. The first-order chi connectivity index (χ1) is 16.9. The van der Waals surface area contributed by atoms with Crippen LogP contribution in [-0.2, 0) is 16.0 Å². The third-order valence-electron chi connectivity index (χ3n) is 6.14. The minimum atomic E-state index is -0.743. The number of Topliss-reactive ketones (excluding diaryl/α,β-unsaturated/α-hetero) is 1. The number of halogens is 2. The van der Waals surface area contributed by atoms with Gasteiger partial charge in [-0.15, -0.1) is 11.3 Å². The highest BCUT2D eigenvalue weighted by molar-refractivity contribution is 7.10.